The zero-order chi connectivity index (χ0) is 12.6. The van der Waals surface area contributed by atoms with Crippen LogP contribution in [0.25, 0.3) is 0 Å². The number of carbonyl (C=O) groups excluding carboxylic acids is 1. The third-order valence-electron chi connectivity index (χ3n) is 2.53. The molecule has 4 nitrogen and oxygen atoms in total. The molecule has 0 amide bonds. The highest BCUT2D eigenvalue weighted by atomic mass is 32.2. The summed E-state index contributed by atoms with van der Waals surface area (Å²) in [5.41, 5.74) is 1.52. The van der Waals surface area contributed by atoms with Crippen molar-refractivity contribution in [3.8, 4) is 6.07 Å². The van der Waals surface area contributed by atoms with E-state index in [-0.39, 0.29) is 17.3 Å². The molecule has 90 valence electrons. The number of fused-ring (bicyclic) bond motifs is 1. The summed E-state index contributed by atoms with van der Waals surface area (Å²) in [6, 6.07) is 2.21. The van der Waals surface area contributed by atoms with Gasteiger partial charge in [-0.15, -0.1) is 0 Å². The van der Waals surface area contributed by atoms with Crippen molar-refractivity contribution in [3.05, 3.63) is 17.3 Å². The lowest BCUT2D eigenvalue weighted by Gasteiger charge is -2.08. The van der Waals surface area contributed by atoms with Crippen LogP contribution >= 0.6 is 11.8 Å². The Morgan fingerprint density at radius 3 is 3.00 bits per heavy atom. The summed E-state index contributed by atoms with van der Waals surface area (Å²) >= 11 is 1.44. The normalized spacial score (nSPS) is 17.9. The van der Waals surface area contributed by atoms with Gasteiger partial charge in [0.2, 0.25) is 0 Å². The van der Waals surface area contributed by atoms with Crippen LogP contribution in [0.2, 0.25) is 0 Å². The minimum atomic E-state index is -0.294. The van der Waals surface area contributed by atoms with Gasteiger partial charge in [0.15, 0.2) is 0 Å². The van der Waals surface area contributed by atoms with Crippen LogP contribution in [0.3, 0.4) is 0 Å². The zero-order valence-electron chi connectivity index (χ0n) is 10.1. The molecule has 1 aromatic heterocycles. The highest BCUT2D eigenvalue weighted by Gasteiger charge is 2.30. The summed E-state index contributed by atoms with van der Waals surface area (Å²) in [5, 5.41) is 9.66. The Hall–Kier alpha value is -1.41. The summed E-state index contributed by atoms with van der Waals surface area (Å²) in [6.07, 6.45) is 1.78. The number of nitrogens with zero attached hydrogens (tertiary/aromatic N) is 2. The number of thioether (sulfide) groups is 1. The minimum Gasteiger partial charge on any atom is -0.459 e. The van der Waals surface area contributed by atoms with Crippen molar-refractivity contribution < 1.29 is 9.53 Å². The highest BCUT2D eigenvalue weighted by Crippen LogP contribution is 2.37. The highest BCUT2D eigenvalue weighted by molar-refractivity contribution is 8.00. The summed E-state index contributed by atoms with van der Waals surface area (Å²) in [5.74, 6) is -0.294. The predicted molar refractivity (Wildman–Crippen MR) is 65.0 cm³/mol. The maximum Gasteiger partial charge on any atom is 0.341 e. The van der Waals surface area contributed by atoms with E-state index in [1.54, 1.807) is 0 Å². The lowest BCUT2D eigenvalue weighted by molar-refractivity contribution is 0.0372. The van der Waals surface area contributed by atoms with E-state index >= 15 is 0 Å². The number of carbonyl (C=O) groups is 1. The quantitative estimate of drug-likeness (QED) is 0.756. The molecule has 0 saturated carbocycles. The number of hydrogen-bond donors (Lipinski definition) is 0. The second-order valence-electron chi connectivity index (χ2n) is 4.33. The van der Waals surface area contributed by atoms with E-state index in [2.05, 4.69) is 6.07 Å². The fourth-order valence-corrected chi connectivity index (χ4v) is 3.05. The Bertz CT molecular complexity index is 499. The Kier molecular flexibility index (Phi) is 3.16. The van der Waals surface area contributed by atoms with E-state index in [1.807, 2.05) is 31.5 Å². The maximum absolute atomic E-state index is 12.0. The smallest absolute Gasteiger partial charge is 0.341 e. The first-order chi connectivity index (χ1) is 8.02. The average Bonchev–Trinajstić information content (AvgIpc) is 2.71. The van der Waals surface area contributed by atoms with Crippen LogP contribution in [0.4, 0.5) is 0 Å². The minimum absolute atomic E-state index is 0.101. The molecule has 0 aromatic carbocycles. The van der Waals surface area contributed by atoms with E-state index in [1.165, 1.54) is 11.8 Å². The lowest BCUT2D eigenvalue weighted by Crippen LogP contribution is -2.12. The van der Waals surface area contributed by atoms with Gasteiger partial charge in [0.05, 0.1) is 22.8 Å². The molecule has 1 aromatic rings. The molecule has 0 saturated heterocycles. The Balaban J connectivity index is 2.31. The molecular formula is C12H14N2O2S. The summed E-state index contributed by atoms with van der Waals surface area (Å²) in [6.45, 7) is 6.19. The van der Waals surface area contributed by atoms with Crippen molar-refractivity contribution in [1.29, 1.82) is 5.26 Å². The first-order valence-electron chi connectivity index (χ1n) is 5.50. The van der Waals surface area contributed by atoms with Gasteiger partial charge in [0.25, 0.3) is 0 Å². The molecule has 5 heteroatoms. The third kappa shape index (κ3) is 2.18. The Morgan fingerprint density at radius 2 is 2.41 bits per heavy atom. The van der Waals surface area contributed by atoms with Crippen molar-refractivity contribution >= 4 is 17.7 Å². The lowest BCUT2D eigenvalue weighted by atomic mass is 10.2. The number of hydrogen-bond acceptors (Lipinski definition) is 4. The second kappa shape index (κ2) is 4.46. The molecule has 1 atom stereocenters. The molecule has 1 aliphatic rings. The number of ether oxygens (including phenoxy) is 1. The molecule has 0 spiro atoms. The molecule has 0 radical (unpaired) electrons. The number of aryl methyl sites for hydroxylation is 1. The standard InChI is InChI=1S/C12H14N2O2S/c1-7(2)16-12(15)10-8(3)5-14-6-9(4-13)17-11(10)14/h5,7,9H,6H2,1-3H3. The fourth-order valence-electron chi connectivity index (χ4n) is 1.87. The van der Waals surface area contributed by atoms with Crippen molar-refractivity contribution in [3.63, 3.8) is 0 Å². The summed E-state index contributed by atoms with van der Waals surface area (Å²) in [4.78, 5) is 12.0. The number of aromatic nitrogens is 1. The monoisotopic (exact) mass is 250 g/mol. The van der Waals surface area contributed by atoms with Crippen molar-refractivity contribution in [1.82, 2.24) is 4.57 Å². The molecule has 2 heterocycles. The van der Waals surface area contributed by atoms with Crippen LogP contribution in [0.15, 0.2) is 11.2 Å². The molecule has 0 bridgehead atoms. The van der Waals surface area contributed by atoms with Gasteiger partial charge < -0.3 is 9.30 Å². The molecule has 0 aliphatic carbocycles. The second-order valence-corrected chi connectivity index (χ2v) is 5.53. The molecule has 1 unspecified atom stereocenters. The molecule has 17 heavy (non-hydrogen) atoms. The van der Waals surface area contributed by atoms with E-state index in [4.69, 9.17) is 10.00 Å². The van der Waals surface area contributed by atoms with Crippen molar-refractivity contribution in [2.75, 3.05) is 0 Å². The zero-order valence-corrected chi connectivity index (χ0v) is 10.9. The van der Waals surface area contributed by atoms with Gasteiger partial charge in [-0.2, -0.15) is 5.26 Å². The Labute approximate surface area is 105 Å². The van der Waals surface area contributed by atoms with Crippen molar-refractivity contribution in [2.24, 2.45) is 0 Å². The number of rotatable bonds is 2. The SMILES string of the molecule is Cc1cn2c(c1C(=O)OC(C)C)SC(C#N)C2. The topological polar surface area (TPSA) is 55.0 Å². The van der Waals surface area contributed by atoms with Gasteiger partial charge in [-0.05, 0) is 26.3 Å². The van der Waals surface area contributed by atoms with Gasteiger partial charge in [-0.1, -0.05) is 11.8 Å². The van der Waals surface area contributed by atoms with Crippen LogP contribution in [0.5, 0.6) is 0 Å². The summed E-state index contributed by atoms with van der Waals surface area (Å²) < 4.78 is 7.18. The molecule has 2 rings (SSSR count). The number of esters is 1. The summed E-state index contributed by atoms with van der Waals surface area (Å²) in [7, 11) is 0. The largest absolute Gasteiger partial charge is 0.459 e. The van der Waals surface area contributed by atoms with Gasteiger partial charge in [0, 0.05) is 12.7 Å². The number of nitriles is 1. The van der Waals surface area contributed by atoms with Crippen LogP contribution < -0.4 is 0 Å². The first-order valence-corrected chi connectivity index (χ1v) is 6.38. The first kappa shape index (κ1) is 12.1. The van der Waals surface area contributed by atoms with Gasteiger partial charge >= 0.3 is 5.97 Å². The van der Waals surface area contributed by atoms with Crippen LogP contribution in [0.1, 0.15) is 29.8 Å². The van der Waals surface area contributed by atoms with Crippen LogP contribution in [0, 0.1) is 18.3 Å². The fraction of sp³-hybridized carbons (Fsp3) is 0.500. The molecule has 0 N–H and O–H groups in total. The molecule has 0 fully saturated rings. The van der Waals surface area contributed by atoms with E-state index < -0.39 is 0 Å². The Morgan fingerprint density at radius 1 is 1.71 bits per heavy atom. The average molecular weight is 250 g/mol. The van der Waals surface area contributed by atoms with E-state index in [0.717, 1.165) is 10.6 Å². The van der Waals surface area contributed by atoms with E-state index in [9.17, 15) is 4.79 Å². The van der Waals surface area contributed by atoms with Crippen LogP contribution in [-0.4, -0.2) is 21.9 Å². The predicted octanol–water partition coefficient (Wildman–Crippen LogP) is 2.36. The van der Waals surface area contributed by atoms with Crippen molar-refractivity contribution in [2.45, 2.75) is 43.7 Å². The van der Waals surface area contributed by atoms with Gasteiger partial charge in [0.1, 0.15) is 5.25 Å². The molecular weight excluding hydrogens is 236 g/mol. The van der Waals surface area contributed by atoms with Crippen LogP contribution in [-0.2, 0) is 11.3 Å². The maximum atomic E-state index is 12.0. The van der Waals surface area contributed by atoms with Gasteiger partial charge in [-0.3, -0.25) is 0 Å². The van der Waals surface area contributed by atoms with E-state index in [0.29, 0.717) is 12.1 Å². The molecule has 1 aliphatic heterocycles. The van der Waals surface area contributed by atoms with Gasteiger partial charge in [-0.25, -0.2) is 4.79 Å². The third-order valence-corrected chi connectivity index (χ3v) is 3.73.